The van der Waals surface area contributed by atoms with E-state index in [-0.39, 0.29) is 13.2 Å². The van der Waals surface area contributed by atoms with Crippen molar-refractivity contribution in [1.29, 1.82) is 5.26 Å². The predicted octanol–water partition coefficient (Wildman–Crippen LogP) is 4.41. The van der Waals surface area contributed by atoms with Gasteiger partial charge in [0.25, 0.3) is 15.1 Å². The zero-order valence-electron chi connectivity index (χ0n) is 17.9. The molecule has 1 amide bonds. The number of hydrogen-bond acceptors (Lipinski definition) is 7. The first-order valence-corrected chi connectivity index (χ1v) is 11.4. The number of amides is 1. The van der Waals surface area contributed by atoms with Gasteiger partial charge in [-0.15, -0.1) is 5.10 Å². The molecule has 0 spiro atoms. The lowest BCUT2D eigenvalue weighted by molar-refractivity contribution is 0.118. The summed E-state index contributed by atoms with van der Waals surface area (Å²) >= 11 is 0. The van der Waals surface area contributed by atoms with Gasteiger partial charge in [-0.3, -0.25) is 5.43 Å². The number of nitrogens with zero attached hydrogens (tertiary/aromatic N) is 3. The first-order valence-electron chi connectivity index (χ1n) is 9.98. The van der Waals surface area contributed by atoms with E-state index in [1.165, 1.54) is 0 Å². The molecule has 3 aromatic rings. The Kier molecular flexibility index (Phi) is 7.78. The van der Waals surface area contributed by atoms with Gasteiger partial charge in [0.1, 0.15) is 12.7 Å². The van der Waals surface area contributed by atoms with Crippen molar-refractivity contribution in [3.8, 4) is 6.07 Å². The Morgan fingerprint density at radius 1 is 0.970 bits per heavy atom. The fourth-order valence-corrected chi connectivity index (χ4v) is 3.83. The summed E-state index contributed by atoms with van der Waals surface area (Å²) in [4.78, 5) is 12.8. The highest BCUT2D eigenvalue weighted by Crippen LogP contribution is 2.16. The van der Waals surface area contributed by atoms with Crippen LogP contribution in [0.2, 0.25) is 0 Å². The fraction of sp³-hybridized carbons (Fsp3) is 0.125. The monoisotopic (exact) mass is 462 g/mol. The molecular formula is C24H22N4O4S. The molecule has 1 N–H and O–H groups in total. The highest BCUT2D eigenvalue weighted by Gasteiger charge is 2.34. The first-order chi connectivity index (χ1) is 15.9. The number of carbonyl (C=O) groups is 1. The molecule has 0 aromatic heterocycles. The number of benzene rings is 3. The molecule has 0 unspecified atom stereocenters. The molecule has 0 saturated carbocycles. The van der Waals surface area contributed by atoms with Gasteiger partial charge in [0.15, 0.2) is 0 Å². The number of hydrazone groups is 1. The number of nitriles is 1. The van der Waals surface area contributed by atoms with E-state index in [1.54, 1.807) is 84.9 Å². The van der Waals surface area contributed by atoms with E-state index in [0.717, 1.165) is 5.56 Å². The third-order valence-corrected chi connectivity index (χ3v) is 6.08. The van der Waals surface area contributed by atoms with E-state index < -0.39 is 21.2 Å². The number of hydrogen-bond donors (Lipinski definition) is 1. The Morgan fingerprint density at radius 3 is 2.12 bits per heavy atom. The molecule has 0 heterocycles. The van der Waals surface area contributed by atoms with Crippen molar-refractivity contribution in [2.75, 3.05) is 5.43 Å². The average molecular weight is 463 g/mol. The third-order valence-electron chi connectivity index (χ3n) is 4.55. The van der Waals surface area contributed by atoms with Gasteiger partial charge in [0.05, 0.1) is 12.2 Å². The molecule has 0 bridgehead atoms. The molecule has 0 saturated heterocycles. The standard InChI is InChI=1S/C24H22N4O4S/c1-19-12-14-22(15-13-19)26-27-23(16-25)33(30,31)28(17-20-8-4-2-5-9-20)24(29)32-18-21-10-6-3-7-11-21/h2-15,26H,17-18H2,1H3. The smallest absolute Gasteiger partial charge is 0.424 e. The molecule has 0 atom stereocenters. The largest absolute Gasteiger partial charge is 0.444 e. The molecule has 3 rings (SSSR count). The fourth-order valence-electron chi connectivity index (χ4n) is 2.78. The van der Waals surface area contributed by atoms with E-state index in [4.69, 9.17) is 4.74 Å². The minimum atomic E-state index is -4.61. The summed E-state index contributed by atoms with van der Waals surface area (Å²) in [6.45, 7) is 1.46. The van der Waals surface area contributed by atoms with Crippen molar-refractivity contribution < 1.29 is 17.9 Å². The van der Waals surface area contributed by atoms with E-state index in [0.29, 0.717) is 21.1 Å². The molecule has 0 aliphatic carbocycles. The average Bonchev–Trinajstić information content (AvgIpc) is 2.83. The Bertz CT molecular complexity index is 1250. The van der Waals surface area contributed by atoms with Crippen LogP contribution in [0.15, 0.2) is 90.0 Å². The number of sulfonamides is 1. The van der Waals surface area contributed by atoms with Crippen molar-refractivity contribution in [3.63, 3.8) is 0 Å². The highest BCUT2D eigenvalue weighted by atomic mass is 32.2. The minimum Gasteiger partial charge on any atom is -0.444 e. The maximum Gasteiger partial charge on any atom is 0.424 e. The quantitative estimate of drug-likeness (QED) is 0.330. The maximum atomic E-state index is 13.2. The summed E-state index contributed by atoms with van der Waals surface area (Å²) in [5, 5.41) is 12.4. The van der Waals surface area contributed by atoms with Gasteiger partial charge in [-0.05, 0) is 30.2 Å². The van der Waals surface area contributed by atoms with Crippen molar-refractivity contribution in [1.82, 2.24) is 4.31 Å². The van der Waals surface area contributed by atoms with Gasteiger partial charge in [0.2, 0.25) is 0 Å². The molecule has 168 valence electrons. The summed E-state index contributed by atoms with van der Waals surface area (Å²) in [6, 6.07) is 26.0. The van der Waals surface area contributed by atoms with Crippen LogP contribution in [0.25, 0.3) is 0 Å². The zero-order valence-corrected chi connectivity index (χ0v) is 18.7. The molecule has 0 radical (unpaired) electrons. The van der Waals surface area contributed by atoms with Crippen LogP contribution >= 0.6 is 0 Å². The first kappa shape index (κ1) is 23.5. The van der Waals surface area contributed by atoms with Crippen LogP contribution in [0, 0.1) is 18.3 Å². The molecule has 0 aliphatic rings. The Balaban J connectivity index is 1.87. The maximum absolute atomic E-state index is 13.2. The number of nitrogens with one attached hydrogen (secondary N) is 1. The Morgan fingerprint density at radius 2 is 1.55 bits per heavy atom. The second-order valence-electron chi connectivity index (χ2n) is 7.04. The second kappa shape index (κ2) is 10.9. The molecule has 33 heavy (non-hydrogen) atoms. The number of anilines is 1. The van der Waals surface area contributed by atoms with E-state index in [9.17, 15) is 18.5 Å². The van der Waals surface area contributed by atoms with Crippen LogP contribution < -0.4 is 5.43 Å². The lowest BCUT2D eigenvalue weighted by atomic mass is 10.2. The topological polar surface area (TPSA) is 112 Å². The van der Waals surface area contributed by atoms with Crippen molar-refractivity contribution in [2.24, 2.45) is 5.10 Å². The number of ether oxygens (including phenoxy) is 1. The zero-order chi connectivity index (χ0) is 23.7. The predicted molar refractivity (Wildman–Crippen MR) is 125 cm³/mol. The molecule has 0 fully saturated rings. The van der Waals surface area contributed by atoms with Gasteiger partial charge in [-0.2, -0.15) is 18.0 Å². The molecular weight excluding hydrogens is 440 g/mol. The van der Waals surface area contributed by atoms with Gasteiger partial charge in [-0.1, -0.05) is 78.4 Å². The number of rotatable bonds is 6. The Hall–Kier alpha value is -4.16. The highest BCUT2D eigenvalue weighted by molar-refractivity contribution is 8.05. The second-order valence-corrected chi connectivity index (χ2v) is 8.82. The summed E-state index contributed by atoms with van der Waals surface area (Å²) in [7, 11) is -4.61. The summed E-state index contributed by atoms with van der Waals surface area (Å²) < 4.78 is 32.2. The molecule has 9 heteroatoms. The summed E-state index contributed by atoms with van der Waals surface area (Å²) in [5.74, 6) is 0. The van der Waals surface area contributed by atoms with E-state index >= 15 is 0 Å². The number of carbonyl (C=O) groups excluding carboxylic acids is 1. The third kappa shape index (κ3) is 6.41. The van der Waals surface area contributed by atoms with Crippen LogP contribution in [0.5, 0.6) is 0 Å². The Labute approximate surface area is 192 Å². The van der Waals surface area contributed by atoms with Crippen LogP contribution in [0.4, 0.5) is 10.5 Å². The molecule has 0 aliphatic heterocycles. The summed E-state index contributed by atoms with van der Waals surface area (Å²) in [6.07, 6.45) is -1.11. The number of aryl methyl sites for hydroxylation is 1. The van der Waals surface area contributed by atoms with Gasteiger partial charge < -0.3 is 4.74 Å². The van der Waals surface area contributed by atoms with Crippen molar-refractivity contribution in [3.05, 3.63) is 102 Å². The molecule has 3 aromatic carbocycles. The normalized spacial score (nSPS) is 11.3. The lowest BCUT2D eigenvalue weighted by Gasteiger charge is -2.21. The molecule has 8 nitrogen and oxygen atoms in total. The van der Waals surface area contributed by atoms with Crippen LogP contribution in [0.1, 0.15) is 16.7 Å². The van der Waals surface area contributed by atoms with Gasteiger partial charge in [0, 0.05) is 0 Å². The van der Waals surface area contributed by atoms with Crippen LogP contribution in [-0.2, 0) is 27.9 Å². The van der Waals surface area contributed by atoms with Crippen molar-refractivity contribution in [2.45, 2.75) is 20.1 Å². The van der Waals surface area contributed by atoms with Gasteiger partial charge in [-0.25, -0.2) is 4.79 Å². The lowest BCUT2D eigenvalue weighted by Crippen LogP contribution is -2.40. The van der Waals surface area contributed by atoms with E-state index in [1.807, 2.05) is 13.0 Å². The van der Waals surface area contributed by atoms with Crippen LogP contribution in [-0.4, -0.2) is 23.9 Å². The van der Waals surface area contributed by atoms with Gasteiger partial charge >= 0.3 is 6.09 Å². The van der Waals surface area contributed by atoms with E-state index in [2.05, 4.69) is 10.5 Å². The van der Waals surface area contributed by atoms with Crippen molar-refractivity contribution >= 4 is 26.8 Å². The van der Waals surface area contributed by atoms with Crippen LogP contribution in [0.3, 0.4) is 0 Å². The minimum absolute atomic E-state index is 0.124. The summed E-state index contributed by atoms with van der Waals surface area (Å²) in [5.41, 5.74) is 5.29. The SMILES string of the molecule is Cc1ccc(NN=C(C#N)S(=O)(=O)N(Cc2ccccc2)C(=O)OCc2ccccc2)cc1.